The van der Waals surface area contributed by atoms with E-state index in [9.17, 15) is 0 Å². The lowest BCUT2D eigenvalue weighted by molar-refractivity contribution is 0.424. The summed E-state index contributed by atoms with van der Waals surface area (Å²) in [6.45, 7) is 13.8. The lowest BCUT2D eigenvalue weighted by atomic mass is 10.1. The number of nitrogens with one attached hydrogen (secondary N) is 1. The summed E-state index contributed by atoms with van der Waals surface area (Å²) in [7, 11) is 0. The number of anilines is 1. The molecule has 1 aromatic rings. The maximum absolute atomic E-state index is 6.43. The van der Waals surface area contributed by atoms with Crippen LogP contribution in [0.2, 0.25) is 5.02 Å². The van der Waals surface area contributed by atoms with Gasteiger partial charge in [0, 0.05) is 35.9 Å². The summed E-state index contributed by atoms with van der Waals surface area (Å²) < 4.78 is 0. The number of nitrogens with zero attached hydrogens (tertiary/aromatic N) is 1. The van der Waals surface area contributed by atoms with Gasteiger partial charge in [0.15, 0.2) is 0 Å². The first kappa shape index (κ1) is 17.3. The van der Waals surface area contributed by atoms with Gasteiger partial charge < -0.3 is 10.2 Å². The van der Waals surface area contributed by atoms with Gasteiger partial charge in [0.1, 0.15) is 0 Å². The summed E-state index contributed by atoms with van der Waals surface area (Å²) in [6.07, 6.45) is 2.44. The second-order valence-corrected chi connectivity index (χ2v) is 6.72. The van der Waals surface area contributed by atoms with Crippen molar-refractivity contribution in [1.29, 1.82) is 0 Å². The maximum Gasteiger partial charge on any atom is 0.0471 e. The molecule has 1 rings (SSSR count). The smallest absolute Gasteiger partial charge is 0.0471 e. The first-order chi connectivity index (χ1) is 9.37. The number of hydrogen-bond acceptors (Lipinski definition) is 2. The van der Waals surface area contributed by atoms with E-state index >= 15 is 0 Å². The molecule has 20 heavy (non-hydrogen) atoms. The molecule has 1 aromatic carbocycles. The monoisotopic (exact) mass is 296 g/mol. The highest BCUT2D eigenvalue weighted by molar-refractivity contribution is 6.31. The molecule has 2 nitrogen and oxygen atoms in total. The van der Waals surface area contributed by atoms with E-state index in [4.69, 9.17) is 11.6 Å². The fraction of sp³-hybridized carbons (Fsp3) is 0.647. The van der Waals surface area contributed by atoms with Crippen LogP contribution in [-0.4, -0.2) is 18.6 Å². The van der Waals surface area contributed by atoms with Crippen LogP contribution in [0.25, 0.3) is 0 Å². The third-order valence-electron chi connectivity index (χ3n) is 3.37. The second-order valence-electron chi connectivity index (χ2n) is 6.31. The van der Waals surface area contributed by atoms with Crippen LogP contribution in [0.5, 0.6) is 0 Å². The molecule has 0 saturated heterocycles. The van der Waals surface area contributed by atoms with Gasteiger partial charge in [-0.3, -0.25) is 0 Å². The maximum atomic E-state index is 6.43. The molecule has 0 atom stereocenters. The molecule has 114 valence electrons. The Labute approximate surface area is 129 Å². The Bertz CT molecular complexity index is 410. The minimum Gasteiger partial charge on any atom is -0.372 e. The van der Waals surface area contributed by atoms with Gasteiger partial charge in [0.25, 0.3) is 0 Å². The molecule has 0 aromatic heterocycles. The number of rotatable bonds is 7. The molecule has 0 spiro atoms. The topological polar surface area (TPSA) is 15.3 Å². The van der Waals surface area contributed by atoms with E-state index in [0.717, 1.165) is 30.2 Å². The number of hydrogen-bond donors (Lipinski definition) is 1. The summed E-state index contributed by atoms with van der Waals surface area (Å²) in [4.78, 5) is 2.39. The summed E-state index contributed by atoms with van der Waals surface area (Å²) in [5.41, 5.74) is 2.50. The minimum atomic E-state index is 0.110. The van der Waals surface area contributed by atoms with Crippen molar-refractivity contribution >= 4 is 17.3 Å². The highest BCUT2D eigenvalue weighted by atomic mass is 35.5. The quantitative estimate of drug-likeness (QED) is 0.773. The molecule has 3 heteroatoms. The van der Waals surface area contributed by atoms with Gasteiger partial charge in [-0.05, 0) is 51.8 Å². The highest BCUT2D eigenvalue weighted by Crippen LogP contribution is 2.24. The minimum absolute atomic E-state index is 0.110. The van der Waals surface area contributed by atoms with Gasteiger partial charge in [-0.1, -0.05) is 31.0 Å². The van der Waals surface area contributed by atoms with E-state index in [-0.39, 0.29) is 5.54 Å². The third kappa shape index (κ3) is 5.72. The van der Waals surface area contributed by atoms with E-state index in [2.05, 4.69) is 63.0 Å². The van der Waals surface area contributed by atoms with Crippen LogP contribution in [-0.2, 0) is 6.54 Å². The summed E-state index contributed by atoms with van der Waals surface area (Å²) in [6, 6.07) is 6.43. The Morgan fingerprint density at radius 2 is 1.90 bits per heavy atom. The van der Waals surface area contributed by atoms with E-state index in [0.29, 0.717) is 0 Å². The predicted molar refractivity (Wildman–Crippen MR) is 90.8 cm³/mol. The van der Waals surface area contributed by atoms with Crippen molar-refractivity contribution in [3.05, 3.63) is 28.8 Å². The average molecular weight is 297 g/mol. The molecule has 0 fully saturated rings. The van der Waals surface area contributed by atoms with Crippen LogP contribution < -0.4 is 10.2 Å². The van der Waals surface area contributed by atoms with Crippen molar-refractivity contribution in [3.63, 3.8) is 0 Å². The van der Waals surface area contributed by atoms with Gasteiger partial charge in [0.2, 0.25) is 0 Å². The summed E-state index contributed by atoms with van der Waals surface area (Å²) in [5, 5.41) is 4.33. The zero-order valence-corrected chi connectivity index (χ0v) is 14.3. The molecule has 0 unspecified atom stereocenters. The van der Waals surface area contributed by atoms with Crippen LogP contribution in [0.3, 0.4) is 0 Å². The molecule has 0 aliphatic rings. The number of benzene rings is 1. The standard InChI is InChI=1S/C17H29ClN2/c1-6-8-11-20(7-2)15-10-9-14(16(18)12-15)13-19-17(3,4)5/h9-10,12,19H,6-8,11,13H2,1-5H3. The zero-order chi connectivity index (χ0) is 15.2. The van der Waals surface area contributed by atoms with E-state index in [1.165, 1.54) is 18.5 Å². The first-order valence-corrected chi connectivity index (χ1v) is 8.03. The van der Waals surface area contributed by atoms with E-state index in [1.54, 1.807) is 0 Å². The number of halogens is 1. The summed E-state index contributed by atoms with van der Waals surface area (Å²) >= 11 is 6.43. The van der Waals surface area contributed by atoms with Gasteiger partial charge in [-0.2, -0.15) is 0 Å². The van der Waals surface area contributed by atoms with Gasteiger partial charge >= 0.3 is 0 Å². The SMILES string of the molecule is CCCCN(CC)c1ccc(CNC(C)(C)C)c(Cl)c1. The molecule has 0 saturated carbocycles. The van der Waals surface area contributed by atoms with Gasteiger partial charge in [-0.25, -0.2) is 0 Å². The van der Waals surface area contributed by atoms with E-state index < -0.39 is 0 Å². The predicted octanol–water partition coefficient (Wildman–Crippen LogP) is 4.85. The van der Waals surface area contributed by atoms with Crippen LogP contribution in [0.1, 0.15) is 53.0 Å². The van der Waals surface area contributed by atoms with Crippen molar-refractivity contribution in [1.82, 2.24) is 5.32 Å². The Hall–Kier alpha value is -0.730. The summed E-state index contributed by atoms with van der Waals surface area (Å²) in [5.74, 6) is 0. The van der Waals surface area contributed by atoms with Crippen molar-refractivity contribution in [2.24, 2.45) is 0 Å². The van der Waals surface area contributed by atoms with E-state index in [1.807, 2.05) is 0 Å². The van der Waals surface area contributed by atoms with Crippen molar-refractivity contribution in [2.75, 3.05) is 18.0 Å². The molecular weight excluding hydrogens is 268 g/mol. The van der Waals surface area contributed by atoms with Gasteiger partial charge in [-0.15, -0.1) is 0 Å². The normalized spacial score (nSPS) is 11.7. The van der Waals surface area contributed by atoms with Crippen molar-refractivity contribution in [2.45, 2.75) is 59.5 Å². The molecule has 1 N–H and O–H groups in total. The lowest BCUT2D eigenvalue weighted by Gasteiger charge is -2.24. The average Bonchev–Trinajstić information content (AvgIpc) is 2.37. The fourth-order valence-electron chi connectivity index (χ4n) is 2.06. The van der Waals surface area contributed by atoms with Crippen LogP contribution in [0, 0.1) is 0 Å². The molecule has 0 amide bonds. The van der Waals surface area contributed by atoms with Crippen LogP contribution >= 0.6 is 11.6 Å². The van der Waals surface area contributed by atoms with Crippen molar-refractivity contribution in [3.8, 4) is 0 Å². The van der Waals surface area contributed by atoms with Gasteiger partial charge in [0.05, 0.1) is 0 Å². The Morgan fingerprint density at radius 1 is 1.20 bits per heavy atom. The van der Waals surface area contributed by atoms with Crippen molar-refractivity contribution < 1.29 is 0 Å². The van der Waals surface area contributed by atoms with Crippen LogP contribution in [0.15, 0.2) is 18.2 Å². The lowest BCUT2D eigenvalue weighted by Crippen LogP contribution is -2.35. The molecular formula is C17H29ClN2. The van der Waals surface area contributed by atoms with Crippen LogP contribution in [0.4, 0.5) is 5.69 Å². The molecule has 0 radical (unpaired) electrons. The Balaban J connectivity index is 2.75. The second kappa shape index (κ2) is 7.90. The largest absolute Gasteiger partial charge is 0.372 e. The fourth-order valence-corrected chi connectivity index (χ4v) is 2.30. The molecule has 0 bridgehead atoms. The molecule has 0 heterocycles. The number of unbranched alkanes of at least 4 members (excludes halogenated alkanes) is 1. The highest BCUT2D eigenvalue weighted by Gasteiger charge is 2.11. The third-order valence-corrected chi connectivity index (χ3v) is 3.73. The Morgan fingerprint density at radius 3 is 2.40 bits per heavy atom. The molecule has 0 aliphatic carbocycles. The zero-order valence-electron chi connectivity index (χ0n) is 13.6. The molecule has 0 aliphatic heterocycles. The first-order valence-electron chi connectivity index (χ1n) is 7.65. The Kier molecular flexibility index (Phi) is 6.84.